The summed E-state index contributed by atoms with van der Waals surface area (Å²) in [6.07, 6.45) is 5.75. The van der Waals surface area contributed by atoms with Crippen LogP contribution in [0.1, 0.15) is 59.8 Å². The number of aliphatic imine (C=N–C) groups is 1. The number of ether oxygens (including phenoxy) is 1. The third-order valence-electron chi connectivity index (χ3n) is 4.56. The second-order valence-corrected chi connectivity index (χ2v) is 8.31. The van der Waals surface area contributed by atoms with E-state index in [1.807, 2.05) is 25.7 Å². The molecular weight excluding hydrogens is 316 g/mol. The van der Waals surface area contributed by atoms with Crippen molar-refractivity contribution in [3.8, 4) is 0 Å². The lowest BCUT2D eigenvalue weighted by Gasteiger charge is -2.34. The van der Waals surface area contributed by atoms with E-state index in [0.717, 1.165) is 57.4 Å². The first-order valence-corrected chi connectivity index (χ1v) is 9.87. The lowest BCUT2D eigenvalue weighted by atomic mass is 9.95. The zero-order valence-corrected chi connectivity index (χ0v) is 16.4. The minimum Gasteiger partial charge on any atom is -0.444 e. The Kier molecular flexibility index (Phi) is 7.38. The highest BCUT2D eigenvalue weighted by atomic mass is 16.6. The largest absolute Gasteiger partial charge is 0.444 e. The highest BCUT2D eigenvalue weighted by molar-refractivity contribution is 5.79. The van der Waals surface area contributed by atoms with Crippen molar-refractivity contribution >= 4 is 12.1 Å². The van der Waals surface area contributed by atoms with Crippen LogP contribution in [0.15, 0.2) is 4.99 Å². The summed E-state index contributed by atoms with van der Waals surface area (Å²) in [5, 5.41) is 6.75. The lowest BCUT2D eigenvalue weighted by Crippen LogP contribution is -2.44. The van der Waals surface area contributed by atoms with Crippen molar-refractivity contribution in [2.24, 2.45) is 16.8 Å². The van der Waals surface area contributed by atoms with E-state index in [4.69, 9.17) is 4.74 Å². The smallest absolute Gasteiger partial charge is 0.410 e. The summed E-state index contributed by atoms with van der Waals surface area (Å²) in [7, 11) is 0. The number of carbonyl (C=O) groups is 1. The van der Waals surface area contributed by atoms with Crippen molar-refractivity contribution < 1.29 is 9.53 Å². The van der Waals surface area contributed by atoms with Gasteiger partial charge in [0.05, 0.1) is 0 Å². The van der Waals surface area contributed by atoms with E-state index in [9.17, 15) is 4.79 Å². The summed E-state index contributed by atoms with van der Waals surface area (Å²) in [4.78, 5) is 18.8. The van der Waals surface area contributed by atoms with E-state index in [-0.39, 0.29) is 6.09 Å². The van der Waals surface area contributed by atoms with Crippen LogP contribution in [0.25, 0.3) is 0 Å². The molecule has 0 spiro atoms. The van der Waals surface area contributed by atoms with Crippen molar-refractivity contribution in [1.82, 2.24) is 15.5 Å². The Hall–Kier alpha value is -1.46. The molecule has 2 N–H and O–H groups in total. The molecule has 2 aliphatic rings. The number of hydrogen-bond donors (Lipinski definition) is 2. The molecule has 2 rings (SSSR count). The van der Waals surface area contributed by atoms with E-state index >= 15 is 0 Å². The number of amides is 1. The Morgan fingerprint density at radius 3 is 2.60 bits per heavy atom. The molecule has 1 saturated carbocycles. The number of nitrogens with zero attached hydrogens (tertiary/aromatic N) is 2. The Bertz CT molecular complexity index is 455. The van der Waals surface area contributed by atoms with Crippen LogP contribution in [0.5, 0.6) is 0 Å². The van der Waals surface area contributed by atoms with Crippen LogP contribution >= 0.6 is 0 Å². The maximum Gasteiger partial charge on any atom is 0.410 e. The summed E-state index contributed by atoms with van der Waals surface area (Å²) in [5.74, 6) is 2.26. The number of hydrogen-bond acceptors (Lipinski definition) is 3. The second-order valence-electron chi connectivity index (χ2n) is 8.31. The quantitative estimate of drug-likeness (QED) is 0.570. The topological polar surface area (TPSA) is 66.0 Å². The monoisotopic (exact) mass is 352 g/mol. The first kappa shape index (κ1) is 19.9. The number of carbonyl (C=O) groups excluding carboxylic acids is 1. The number of guanidine groups is 1. The molecule has 6 heteroatoms. The van der Waals surface area contributed by atoms with Gasteiger partial charge in [0.2, 0.25) is 0 Å². The van der Waals surface area contributed by atoms with Gasteiger partial charge in [-0.1, -0.05) is 0 Å². The van der Waals surface area contributed by atoms with Gasteiger partial charge in [0, 0.05) is 32.7 Å². The van der Waals surface area contributed by atoms with Crippen molar-refractivity contribution in [3.63, 3.8) is 0 Å². The summed E-state index contributed by atoms with van der Waals surface area (Å²) in [6.45, 7) is 12.2. The van der Waals surface area contributed by atoms with Crippen molar-refractivity contribution in [3.05, 3.63) is 0 Å². The molecule has 1 saturated heterocycles. The average molecular weight is 353 g/mol. The number of nitrogens with one attached hydrogen (secondary N) is 2. The average Bonchev–Trinajstić information content (AvgIpc) is 3.35. The molecule has 1 aliphatic heterocycles. The van der Waals surface area contributed by atoms with Crippen molar-refractivity contribution in [2.45, 2.75) is 65.4 Å². The minimum atomic E-state index is -0.426. The van der Waals surface area contributed by atoms with E-state index < -0.39 is 5.60 Å². The molecule has 0 radical (unpaired) electrons. The van der Waals surface area contributed by atoms with Gasteiger partial charge in [0.25, 0.3) is 0 Å². The SMILES string of the molecule is CCNC(=NCC1CC1)NCCC1CCCN(C(=O)OC(C)(C)C)C1. The Labute approximate surface area is 152 Å². The van der Waals surface area contributed by atoms with Crippen LogP contribution in [0.2, 0.25) is 0 Å². The molecule has 1 heterocycles. The predicted octanol–water partition coefficient (Wildman–Crippen LogP) is 2.99. The molecule has 0 bridgehead atoms. The van der Waals surface area contributed by atoms with Crippen LogP contribution < -0.4 is 10.6 Å². The first-order chi connectivity index (χ1) is 11.9. The van der Waals surface area contributed by atoms with Crippen molar-refractivity contribution in [1.29, 1.82) is 0 Å². The standard InChI is InChI=1S/C19H36N4O2/c1-5-20-17(22-13-15-8-9-15)21-11-10-16-7-6-12-23(14-16)18(24)25-19(2,3)4/h15-16H,5-14H2,1-4H3,(H2,20,21,22). The maximum absolute atomic E-state index is 12.2. The highest BCUT2D eigenvalue weighted by Crippen LogP contribution is 2.28. The summed E-state index contributed by atoms with van der Waals surface area (Å²) in [5.41, 5.74) is -0.426. The summed E-state index contributed by atoms with van der Waals surface area (Å²) >= 11 is 0. The fourth-order valence-electron chi connectivity index (χ4n) is 3.05. The molecule has 0 aromatic rings. The molecule has 2 fully saturated rings. The third kappa shape index (κ3) is 7.97. The van der Waals surface area contributed by atoms with Crippen LogP contribution in [0.4, 0.5) is 4.79 Å². The molecule has 25 heavy (non-hydrogen) atoms. The Balaban J connectivity index is 1.72. The van der Waals surface area contributed by atoms with Gasteiger partial charge in [-0.15, -0.1) is 0 Å². The number of rotatable bonds is 6. The van der Waals surface area contributed by atoms with E-state index in [0.29, 0.717) is 5.92 Å². The van der Waals surface area contributed by atoms with E-state index in [1.165, 1.54) is 19.3 Å². The number of likely N-dealkylation sites (tertiary alicyclic amines) is 1. The van der Waals surface area contributed by atoms with Crippen LogP contribution in [0, 0.1) is 11.8 Å². The normalized spacial score (nSPS) is 21.8. The zero-order valence-electron chi connectivity index (χ0n) is 16.4. The number of piperidine rings is 1. The molecule has 1 aliphatic carbocycles. The van der Waals surface area contributed by atoms with Gasteiger partial charge in [-0.05, 0) is 71.6 Å². The summed E-state index contributed by atoms with van der Waals surface area (Å²) in [6, 6.07) is 0. The molecule has 0 aromatic heterocycles. The maximum atomic E-state index is 12.2. The predicted molar refractivity (Wildman–Crippen MR) is 102 cm³/mol. The fourth-order valence-corrected chi connectivity index (χ4v) is 3.05. The Morgan fingerprint density at radius 1 is 1.20 bits per heavy atom. The molecule has 1 amide bonds. The van der Waals surface area contributed by atoms with Crippen LogP contribution in [0.3, 0.4) is 0 Å². The van der Waals surface area contributed by atoms with Gasteiger partial charge < -0.3 is 20.3 Å². The van der Waals surface area contributed by atoms with E-state index in [1.54, 1.807) is 0 Å². The minimum absolute atomic E-state index is 0.176. The fraction of sp³-hybridized carbons (Fsp3) is 0.895. The molecule has 0 aromatic carbocycles. The van der Waals surface area contributed by atoms with Gasteiger partial charge in [0.1, 0.15) is 5.60 Å². The molecule has 1 atom stereocenters. The van der Waals surface area contributed by atoms with Crippen LogP contribution in [-0.2, 0) is 4.74 Å². The van der Waals surface area contributed by atoms with Gasteiger partial charge in [-0.25, -0.2) is 4.79 Å². The zero-order chi connectivity index (χ0) is 18.3. The first-order valence-electron chi connectivity index (χ1n) is 9.87. The molecular formula is C19H36N4O2. The van der Waals surface area contributed by atoms with Crippen LogP contribution in [-0.4, -0.2) is 55.3 Å². The van der Waals surface area contributed by atoms with Gasteiger partial charge in [-0.2, -0.15) is 0 Å². The van der Waals surface area contributed by atoms with Gasteiger partial charge in [-0.3, -0.25) is 4.99 Å². The second kappa shape index (κ2) is 9.30. The Morgan fingerprint density at radius 2 is 1.96 bits per heavy atom. The summed E-state index contributed by atoms with van der Waals surface area (Å²) < 4.78 is 5.50. The highest BCUT2D eigenvalue weighted by Gasteiger charge is 2.27. The molecule has 1 unspecified atom stereocenters. The van der Waals surface area contributed by atoms with Gasteiger partial charge in [0.15, 0.2) is 5.96 Å². The van der Waals surface area contributed by atoms with Gasteiger partial charge >= 0.3 is 6.09 Å². The van der Waals surface area contributed by atoms with E-state index in [2.05, 4.69) is 22.5 Å². The molecule has 144 valence electrons. The molecule has 6 nitrogen and oxygen atoms in total. The van der Waals surface area contributed by atoms with Crippen molar-refractivity contribution in [2.75, 3.05) is 32.7 Å². The third-order valence-corrected chi connectivity index (χ3v) is 4.56. The lowest BCUT2D eigenvalue weighted by molar-refractivity contribution is 0.0162.